The minimum Gasteiger partial charge on any atom is -0.375 e. The number of allylic oxidation sites excluding steroid dienone is 2. The molecule has 0 aromatic rings. The minimum absolute atomic E-state index is 0.790. The smallest absolute Gasteiger partial charge is 0.0283 e. The number of hydrogen-bond acceptors (Lipinski definition) is 1. The molecule has 0 saturated heterocycles. The van der Waals surface area contributed by atoms with E-state index in [1.165, 1.54) is 25.0 Å². The molecule has 0 fully saturated rings. The molecule has 0 amide bonds. The van der Waals surface area contributed by atoms with Crippen molar-refractivity contribution in [2.75, 3.05) is 7.05 Å². The molecule has 64 valence electrons. The summed E-state index contributed by atoms with van der Waals surface area (Å²) < 4.78 is 0. The zero-order valence-electron chi connectivity index (χ0n) is 8.15. The first-order chi connectivity index (χ1) is 5.16. The highest BCUT2D eigenvalue weighted by molar-refractivity contribution is 5.12. The molecule has 1 aliphatic rings. The summed E-state index contributed by atoms with van der Waals surface area (Å²) in [6.45, 7) is 6.75. The molecule has 0 radical (unpaired) electrons. The van der Waals surface area contributed by atoms with Crippen LogP contribution >= 0.6 is 0 Å². The van der Waals surface area contributed by atoms with Crippen molar-refractivity contribution in [1.29, 1.82) is 0 Å². The van der Waals surface area contributed by atoms with Crippen molar-refractivity contribution < 1.29 is 0 Å². The Hall–Kier alpha value is -0.460. The van der Waals surface area contributed by atoms with Crippen LogP contribution in [0, 0.1) is 0 Å². The van der Waals surface area contributed by atoms with E-state index in [4.69, 9.17) is 0 Å². The third-order valence-electron chi connectivity index (χ3n) is 3.02. The van der Waals surface area contributed by atoms with Crippen molar-refractivity contribution in [1.82, 2.24) is 4.90 Å². The molecule has 1 rings (SSSR count). The van der Waals surface area contributed by atoms with Gasteiger partial charge in [-0.2, -0.15) is 0 Å². The molecule has 0 aromatic carbocycles. The lowest BCUT2D eigenvalue weighted by atomic mass is 9.97. The van der Waals surface area contributed by atoms with E-state index in [9.17, 15) is 0 Å². The van der Waals surface area contributed by atoms with Gasteiger partial charge in [-0.05, 0) is 33.1 Å². The third-order valence-corrected chi connectivity index (χ3v) is 3.02. The van der Waals surface area contributed by atoms with Crippen LogP contribution in [0.25, 0.3) is 0 Å². The lowest BCUT2D eigenvalue weighted by Gasteiger charge is -2.35. The standard InChI is InChI=1S/C10H19N/c1-5-10-7-6-8(2)9(3)11(10)4/h10H,5-7H2,1-4H3. The Balaban J connectivity index is 2.73. The lowest BCUT2D eigenvalue weighted by molar-refractivity contribution is 0.258. The van der Waals surface area contributed by atoms with Crippen molar-refractivity contribution in [3.8, 4) is 0 Å². The molecular formula is C10H19N. The van der Waals surface area contributed by atoms with Gasteiger partial charge in [-0.25, -0.2) is 0 Å². The summed E-state index contributed by atoms with van der Waals surface area (Å²) in [6, 6.07) is 0.790. The maximum absolute atomic E-state index is 2.43. The van der Waals surface area contributed by atoms with Crippen LogP contribution in [0.3, 0.4) is 0 Å². The Bertz CT molecular complexity index is 170. The Morgan fingerprint density at radius 2 is 2.09 bits per heavy atom. The Morgan fingerprint density at radius 1 is 1.45 bits per heavy atom. The van der Waals surface area contributed by atoms with Crippen LogP contribution in [0.15, 0.2) is 11.3 Å². The van der Waals surface area contributed by atoms with Crippen LogP contribution in [0.5, 0.6) is 0 Å². The molecule has 0 saturated carbocycles. The summed E-state index contributed by atoms with van der Waals surface area (Å²) >= 11 is 0. The van der Waals surface area contributed by atoms with Crippen molar-refractivity contribution in [2.45, 2.75) is 46.1 Å². The minimum atomic E-state index is 0.790. The van der Waals surface area contributed by atoms with Crippen molar-refractivity contribution in [3.05, 3.63) is 11.3 Å². The maximum Gasteiger partial charge on any atom is 0.0283 e. The molecule has 0 aliphatic carbocycles. The second-order valence-electron chi connectivity index (χ2n) is 3.58. The average Bonchev–Trinajstić information content (AvgIpc) is 2.01. The fourth-order valence-electron chi connectivity index (χ4n) is 1.81. The number of rotatable bonds is 1. The van der Waals surface area contributed by atoms with Gasteiger partial charge in [0.05, 0.1) is 0 Å². The van der Waals surface area contributed by atoms with E-state index >= 15 is 0 Å². The highest BCUT2D eigenvalue weighted by Gasteiger charge is 2.18. The molecule has 1 heterocycles. The second kappa shape index (κ2) is 3.29. The molecule has 1 unspecified atom stereocenters. The first-order valence-corrected chi connectivity index (χ1v) is 4.56. The van der Waals surface area contributed by atoms with Gasteiger partial charge in [-0.1, -0.05) is 12.5 Å². The Kier molecular flexibility index (Phi) is 2.58. The topological polar surface area (TPSA) is 3.24 Å². The van der Waals surface area contributed by atoms with E-state index in [1.807, 2.05) is 0 Å². The summed E-state index contributed by atoms with van der Waals surface area (Å²) in [6.07, 6.45) is 3.92. The monoisotopic (exact) mass is 153 g/mol. The normalized spacial score (nSPS) is 26.2. The SMILES string of the molecule is CCC1CCC(C)=C(C)N1C. The van der Waals surface area contributed by atoms with Gasteiger partial charge in [0.25, 0.3) is 0 Å². The predicted molar refractivity (Wildman–Crippen MR) is 49.5 cm³/mol. The van der Waals surface area contributed by atoms with Gasteiger partial charge in [-0.3, -0.25) is 0 Å². The Labute approximate surface area is 70.1 Å². The van der Waals surface area contributed by atoms with Gasteiger partial charge in [0, 0.05) is 18.8 Å². The quantitative estimate of drug-likeness (QED) is 0.560. The first-order valence-electron chi connectivity index (χ1n) is 4.56. The molecule has 0 spiro atoms. The summed E-state index contributed by atoms with van der Waals surface area (Å²) in [5, 5.41) is 0. The second-order valence-corrected chi connectivity index (χ2v) is 3.58. The number of hydrogen-bond donors (Lipinski definition) is 0. The van der Waals surface area contributed by atoms with Crippen LogP contribution in [0.1, 0.15) is 40.0 Å². The lowest BCUT2D eigenvalue weighted by Crippen LogP contribution is -2.33. The van der Waals surface area contributed by atoms with Crippen molar-refractivity contribution >= 4 is 0 Å². The molecule has 1 aliphatic heterocycles. The van der Waals surface area contributed by atoms with Crippen molar-refractivity contribution in [2.24, 2.45) is 0 Å². The van der Waals surface area contributed by atoms with Crippen LogP contribution in [0.4, 0.5) is 0 Å². The molecule has 1 atom stereocenters. The van der Waals surface area contributed by atoms with Gasteiger partial charge in [-0.15, -0.1) is 0 Å². The van der Waals surface area contributed by atoms with Crippen LogP contribution < -0.4 is 0 Å². The van der Waals surface area contributed by atoms with Crippen LogP contribution in [0.2, 0.25) is 0 Å². The zero-order valence-corrected chi connectivity index (χ0v) is 8.15. The Morgan fingerprint density at radius 3 is 2.64 bits per heavy atom. The zero-order chi connectivity index (χ0) is 8.43. The molecule has 0 N–H and O–H groups in total. The van der Waals surface area contributed by atoms with Gasteiger partial charge in [0.1, 0.15) is 0 Å². The van der Waals surface area contributed by atoms with E-state index in [2.05, 4.69) is 32.7 Å². The maximum atomic E-state index is 2.43. The molecule has 1 heteroatoms. The molecule has 11 heavy (non-hydrogen) atoms. The van der Waals surface area contributed by atoms with Gasteiger partial charge < -0.3 is 4.90 Å². The van der Waals surface area contributed by atoms with E-state index in [1.54, 1.807) is 5.57 Å². The fraction of sp³-hybridized carbons (Fsp3) is 0.800. The summed E-state index contributed by atoms with van der Waals surface area (Å²) in [7, 11) is 2.21. The van der Waals surface area contributed by atoms with Crippen LogP contribution in [-0.4, -0.2) is 18.0 Å². The molecule has 0 bridgehead atoms. The summed E-state index contributed by atoms with van der Waals surface area (Å²) in [4.78, 5) is 2.43. The highest BCUT2D eigenvalue weighted by atomic mass is 15.1. The summed E-state index contributed by atoms with van der Waals surface area (Å²) in [5.41, 5.74) is 3.06. The molecule has 0 aromatic heterocycles. The predicted octanol–water partition coefficient (Wildman–Crippen LogP) is 2.78. The van der Waals surface area contributed by atoms with Crippen LogP contribution in [-0.2, 0) is 0 Å². The fourth-order valence-corrected chi connectivity index (χ4v) is 1.81. The van der Waals surface area contributed by atoms with Gasteiger partial charge >= 0.3 is 0 Å². The first kappa shape index (κ1) is 8.63. The largest absolute Gasteiger partial charge is 0.375 e. The van der Waals surface area contributed by atoms with E-state index in [-0.39, 0.29) is 0 Å². The van der Waals surface area contributed by atoms with Crippen molar-refractivity contribution in [3.63, 3.8) is 0 Å². The molecular weight excluding hydrogens is 134 g/mol. The average molecular weight is 153 g/mol. The highest BCUT2D eigenvalue weighted by Crippen LogP contribution is 2.26. The summed E-state index contributed by atoms with van der Waals surface area (Å²) in [5.74, 6) is 0. The molecule has 1 nitrogen and oxygen atoms in total. The van der Waals surface area contributed by atoms with Gasteiger partial charge in [0.15, 0.2) is 0 Å². The number of nitrogens with zero attached hydrogens (tertiary/aromatic N) is 1. The third kappa shape index (κ3) is 1.58. The van der Waals surface area contributed by atoms with Gasteiger partial charge in [0.2, 0.25) is 0 Å². The van der Waals surface area contributed by atoms with E-state index < -0.39 is 0 Å². The van der Waals surface area contributed by atoms with E-state index in [0.717, 1.165) is 6.04 Å². The van der Waals surface area contributed by atoms with E-state index in [0.29, 0.717) is 0 Å².